The lowest BCUT2D eigenvalue weighted by Gasteiger charge is -2.13. The summed E-state index contributed by atoms with van der Waals surface area (Å²) in [6, 6.07) is 5.97. The molecular formula is C14H21N3O2. The van der Waals surface area contributed by atoms with Gasteiger partial charge in [-0.15, -0.1) is 0 Å². The van der Waals surface area contributed by atoms with E-state index in [0.29, 0.717) is 13.2 Å². The topological polar surface area (TPSA) is 54.9 Å². The van der Waals surface area contributed by atoms with Crippen LogP contribution in [0, 0.1) is 0 Å². The summed E-state index contributed by atoms with van der Waals surface area (Å²) in [4.78, 5) is 4.06. The van der Waals surface area contributed by atoms with E-state index in [2.05, 4.69) is 22.3 Å². The first-order chi connectivity index (χ1) is 9.35. The van der Waals surface area contributed by atoms with E-state index in [9.17, 15) is 0 Å². The molecule has 0 atom stereocenters. The molecule has 0 unspecified atom stereocenters. The number of hydrogen-bond acceptors (Lipinski definition) is 5. The summed E-state index contributed by atoms with van der Waals surface area (Å²) in [5, 5.41) is 6.48. The lowest BCUT2D eigenvalue weighted by atomic mass is 10.1. The highest BCUT2D eigenvalue weighted by Gasteiger charge is 2.19. The number of aliphatic imine (C=N–C) groups is 1. The molecule has 19 heavy (non-hydrogen) atoms. The third-order valence-corrected chi connectivity index (χ3v) is 3.01. The van der Waals surface area contributed by atoms with Crippen molar-refractivity contribution in [3.63, 3.8) is 0 Å². The fraction of sp³-hybridized carbons (Fsp3) is 0.500. The molecule has 0 saturated carbocycles. The zero-order valence-corrected chi connectivity index (χ0v) is 11.3. The van der Waals surface area contributed by atoms with Crippen LogP contribution < -0.4 is 10.6 Å². The van der Waals surface area contributed by atoms with Crippen molar-refractivity contribution >= 4 is 18.1 Å². The molecule has 5 nitrogen and oxygen atoms in total. The molecule has 1 aromatic carbocycles. The Morgan fingerprint density at radius 2 is 2.11 bits per heavy atom. The standard InChI is InChI=1S/C14H21N3O2/c1-15-6-3-7-17-12-5-4-11(10-13(12)16-2)14-18-8-9-19-14/h4-5,10,14-15,17H,2-3,6-9H2,1H3. The Morgan fingerprint density at radius 3 is 2.79 bits per heavy atom. The van der Waals surface area contributed by atoms with Crippen LogP contribution in [-0.2, 0) is 9.47 Å². The molecule has 5 heteroatoms. The molecule has 1 aliphatic heterocycles. The Balaban J connectivity index is 2.01. The van der Waals surface area contributed by atoms with Crippen LogP contribution in [0.15, 0.2) is 23.2 Å². The van der Waals surface area contributed by atoms with Crippen LogP contribution in [0.4, 0.5) is 11.4 Å². The molecular weight excluding hydrogens is 242 g/mol. The second-order valence-electron chi connectivity index (χ2n) is 4.39. The second-order valence-corrected chi connectivity index (χ2v) is 4.39. The van der Waals surface area contributed by atoms with E-state index >= 15 is 0 Å². The first kappa shape index (κ1) is 14.0. The van der Waals surface area contributed by atoms with Gasteiger partial charge >= 0.3 is 0 Å². The summed E-state index contributed by atoms with van der Waals surface area (Å²) in [6.45, 7) is 6.80. The predicted octanol–water partition coefficient (Wildman–Crippen LogP) is 2.09. The maximum absolute atomic E-state index is 5.48. The van der Waals surface area contributed by atoms with E-state index in [1.807, 2.05) is 25.2 Å². The van der Waals surface area contributed by atoms with Crippen LogP contribution in [0.25, 0.3) is 0 Å². The Morgan fingerprint density at radius 1 is 1.32 bits per heavy atom. The van der Waals surface area contributed by atoms with Crippen LogP contribution in [0.1, 0.15) is 18.3 Å². The molecule has 1 heterocycles. The number of nitrogens with zero attached hydrogens (tertiary/aromatic N) is 1. The van der Waals surface area contributed by atoms with E-state index in [-0.39, 0.29) is 6.29 Å². The summed E-state index contributed by atoms with van der Waals surface area (Å²) >= 11 is 0. The molecule has 1 saturated heterocycles. The van der Waals surface area contributed by atoms with E-state index in [0.717, 1.165) is 36.4 Å². The van der Waals surface area contributed by atoms with Crippen molar-refractivity contribution in [2.45, 2.75) is 12.7 Å². The summed E-state index contributed by atoms with van der Waals surface area (Å²) < 4.78 is 11.0. The Kier molecular flexibility index (Phi) is 5.32. The summed E-state index contributed by atoms with van der Waals surface area (Å²) in [6.07, 6.45) is 0.794. The molecule has 0 radical (unpaired) electrons. The maximum atomic E-state index is 5.48. The van der Waals surface area contributed by atoms with Crippen LogP contribution >= 0.6 is 0 Å². The number of benzene rings is 1. The third-order valence-electron chi connectivity index (χ3n) is 3.01. The van der Waals surface area contributed by atoms with Gasteiger partial charge in [0.2, 0.25) is 0 Å². The number of ether oxygens (including phenoxy) is 2. The van der Waals surface area contributed by atoms with Gasteiger partial charge in [-0.3, -0.25) is 4.99 Å². The molecule has 0 bridgehead atoms. The average Bonchev–Trinajstić information content (AvgIpc) is 2.98. The third kappa shape index (κ3) is 3.76. The minimum absolute atomic E-state index is 0.265. The quantitative estimate of drug-likeness (QED) is 0.584. The van der Waals surface area contributed by atoms with Gasteiger partial charge < -0.3 is 20.1 Å². The lowest BCUT2D eigenvalue weighted by Crippen LogP contribution is -2.13. The number of hydrogen-bond donors (Lipinski definition) is 2. The zero-order chi connectivity index (χ0) is 13.5. The highest BCUT2D eigenvalue weighted by atomic mass is 16.7. The van der Waals surface area contributed by atoms with E-state index < -0.39 is 0 Å². The first-order valence-electron chi connectivity index (χ1n) is 6.57. The van der Waals surface area contributed by atoms with Crippen LogP contribution in [-0.4, -0.2) is 40.1 Å². The largest absolute Gasteiger partial charge is 0.383 e. The summed E-state index contributed by atoms with van der Waals surface area (Å²) in [7, 11) is 1.95. The molecule has 2 rings (SSSR count). The fourth-order valence-electron chi connectivity index (χ4n) is 2.01. The first-order valence-corrected chi connectivity index (χ1v) is 6.57. The Bertz CT molecular complexity index is 417. The second kappa shape index (κ2) is 7.23. The van der Waals surface area contributed by atoms with Gasteiger partial charge in [0.05, 0.1) is 24.6 Å². The zero-order valence-electron chi connectivity index (χ0n) is 11.3. The van der Waals surface area contributed by atoms with Gasteiger partial charge in [-0.2, -0.15) is 0 Å². The molecule has 2 N–H and O–H groups in total. The summed E-state index contributed by atoms with van der Waals surface area (Å²) in [5.74, 6) is 0. The van der Waals surface area contributed by atoms with Crippen molar-refractivity contribution in [2.24, 2.45) is 4.99 Å². The van der Waals surface area contributed by atoms with Crippen LogP contribution in [0.5, 0.6) is 0 Å². The number of anilines is 1. The van der Waals surface area contributed by atoms with Crippen molar-refractivity contribution in [2.75, 3.05) is 38.7 Å². The van der Waals surface area contributed by atoms with Gasteiger partial charge in [0.25, 0.3) is 0 Å². The van der Waals surface area contributed by atoms with Crippen molar-refractivity contribution < 1.29 is 9.47 Å². The van der Waals surface area contributed by atoms with Gasteiger partial charge in [-0.1, -0.05) is 6.07 Å². The highest BCUT2D eigenvalue weighted by molar-refractivity contribution is 5.68. The van der Waals surface area contributed by atoms with E-state index in [4.69, 9.17) is 9.47 Å². The number of nitrogens with one attached hydrogen (secondary N) is 2. The smallest absolute Gasteiger partial charge is 0.184 e. The van der Waals surface area contributed by atoms with Crippen molar-refractivity contribution in [1.82, 2.24) is 5.32 Å². The van der Waals surface area contributed by atoms with Gasteiger partial charge in [0.15, 0.2) is 6.29 Å². The van der Waals surface area contributed by atoms with E-state index in [1.54, 1.807) is 0 Å². The molecule has 0 aromatic heterocycles. The molecule has 0 aliphatic carbocycles. The molecule has 0 spiro atoms. The molecule has 1 aromatic rings. The minimum atomic E-state index is -0.265. The summed E-state index contributed by atoms with van der Waals surface area (Å²) in [5.41, 5.74) is 2.81. The Labute approximate surface area is 114 Å². The molecule has 0 amide bonds. The lowest BCUT2D eigenvalue weighted by molar-refractivity contribution is -0.0440. The van der Waals surface area contributed by atoms with Crippen molar-refractivity contribution in [1.29, 1.82) is 0 Å². The molecule has 1 aliphatic rings. The monoisotopic (exact) mass is 263 g/mol. The predicted molar refractivity (Wildman–Crippen MR) is 77.3 cm³/mol. The minimum Gasteiger partial charge on any atom is -0.383 e. The van der Waals surface area contributed by atoms with Gasteiger partial charge in [-0.05, 0) is 38.9 Å². The maximum Gasteiger partial charge on any atom is 0.184 e. The van der Waals surface area contributed by atoms with Crippen LogP contribution in [0.3, 0.4) is 0 Å². The van der Waals surface area contributed by atoms with Gasteiger partial charge in [0, 0.05) is 12.1 Å². The fourth-order valence-corrected chi connectivity index (χ4v) is 2.01. The van der Waals surface area contributed by atoms with E-state index in [1.165, 1.54) is 0 Å². The average molecular weight is 263 g/mol. The normalized spacial score (nSPS) is 15.6. The SMILES string of the molecule is C=Nc1cc(C2OCCO2)ccc1NCCCNC. The Hall–Kier alpha value is -1.43. The van der Waals surface area contributed by atoms with Crippen LogP contribution in [0.2, 0.25) is 0 Å². The number of rotatable bonds is 7. The molecule has 104 valence electrons. The van der Waals surface area contributed by atoms with Crippen molar-refractivity contribution in [3.8, 4) is 0 Å². The van der Waals surface area contributed by atoms with Gasteiger partial charge in [0.1, 0.15) is 0 Å². The highest BCUT2D eigenvalue weighted by Crippen LogP contribution is 2.31. The molecule has 1 fully saturated rings. The van der Waals surface area contributed by atoms with Gasteiger partial charge in [-0.25, -0.2) is 0 Å². The van der Waals surface area contributed by atoms with Crippen molar-refractivity contribution in [3.05, 3.63) is 23.8 Å².